The van der Waals surface area contributed by atoms with Gasteiger partial charge in [0, 0.05) is 29.5 Å². The van der Waals surface area contributed by atoms with Crippen molar-refractivity contribution in [1.82, 2.24) is 4.98 Å². The highest BCUT2D eigenvalue weighted by atomic mass is 16.1. The first-order valence-electron chi connectivity index (χ1n) is 9.76. The molecule has 1 aromatic heterocycles. The van der Waals surface area contributed by atoms with Gasteiger partial charge in [0.2, 0.25) is 0 Å². The van der Waals surface area contributed by atoms with Crippen molar-refractivity contribution in [3.63, 3.8) is 0 Å². The van der Waals surface area contributed by atoms with E-state index in [2.05, 4.69) is 27.7 Å². The van der Waals surface area contributed by atoms with Crippen LogP contribution in [0.5, 0.6) is 0 Å². The van der Waals surface area contributed by atoms with Crippen LogP contribution < -0.4 is 0 Å². The Kier molecular flexibility index (Phi) is 3.92. The van der Waals surface area contributed by atoms with Gasteiger partial charge in [0.1, 0.15) is 0 Å². The van der Waals surface area contributed by atoms with Crippen molar-refractivity contribution < 1.29 is 9.59 Å². The third kappa shape index (κ3) is 3.13. The van der Waals surface area contributed by atoms with E-state index in [4.69, 9.17) is 4.98 Å². The van der Waals surface area contributed by atoms with Gasteiger partial charge in [-0.3, -0.25) is 14.6 Å². The van der Waals surface area contributed by atoms with Gasteiger partial charge in [-0.2, -0.15) is 0 Å². The third-order valence-electron chi connectivity index (χ3n) is 5.82. The molecular weight excluding hydrogens is 334 g/mol. The minimum Gasteiger partial charge on any atom is -0.294 e. The summed E-state index contributed by atoms with van der Waals surface area (Å²) in [6.45, 7) is 10.5. The molecule has 1 aromatic carbocycles. The number of aromatic nitrogens is 1. The molecule has 0 atom stereocenters. The van der Waals surface area contributed by atoms with Crippen LogP contribution in [0.25, 0.3) is 11.1 Å². The van der Waals surface area contributed by atoms with E-state index in [0.29, 0.717) is 24.0 Å². The number of pyridine rings is 1. The summed E-state index contributed by atoms with van der Waals surface area (Å²) >= 11 is 0. The molecule has 0 aliphatic heterocycles. The number of carbonyl (C=O) groups excluding carboxylic acids is 2. The number of Topliss-reactive ketones (excluding diaryl/α,β-unsaturated/α-hetero) is 2. The molecule has 0 amide bonds. The van der Waals surface area contributed by atoms with Gasteiger partial charge in [-0.1, -0.05) is 57.5 Å². The molecule has 27 heavy (non-hydrogen) atoms. The van der Waals surface area contributed by atoms with Gasteiger partial charge in [0.15, 0.2) is 11.6 Å². The Balaban J connectivity index is 2.05. The van der Waals surface area contributed by atoms with Crippen molar-refractivity contribution in [2.45, 2.75) is 60.3 Å². The number of ketones is 2. The molecule has 0 N–H and O–H groups in total. The first-order chi connectivity index (χ1) is 12.6. The van der Waals surface area contributed by atoms with Crippen molar-refractivity contribution in [2.24, 2.45) is 10.8 Å². The van der Waals surface area contributed by atoms with Gasteiger partial charge < -0.3 is 0 Å². The zero-order chi connectivity index (χ0) is 19.6. The van der Waals surface area contributed by atoms with Crippen molar-refractivity contribution in [3.8, 4) is 11.1 Å². The van der Waals surface area contributed by atoms with Gasteiger partial charge in [-0.15, -0.1) is 0 Å². The second kappa shape index (κ2) is 5.85. The van der Waals surface area contributed by atoms with Crippen LogP contribution in [0.3, 0.4) is 0 Å². The number of rotatable bonds is 1. The minimum absolute atomic E-state index is 0.0932. The minimum atomic E-state index is -0.0932. The van der Waals surface area contributed by atoms with E-state index in [0.717, 1.165) is 40.9 Å². The Hall–Kier alpha value is -2.29. The monoisotopic (exact) mass is 361 g/mol. The molecule has 0 fully saturated rings. The maximum Gasteiger partial charge on any atom is 0.165 e. The average Bonchev–Trinajstić information content (AvgIpc) is 2.51. The van der Waals surface area contributed by atoms with E-state index >= 15 is 0 Å². The largest absolute Gasteiger partial charge is 0.294 e. The van der Waals surface area contributed by atoms with Gasteiger partial charge in [-0.05, 0) is 36.2 Å². The molecule has 2 aliphatic carbocycles. The van der Waals surface area contributed by atoms with Gasteiger partial charge in [-0.25, -0.2) is 0 Å². The van der Waals surface area contributed by atoms with Crippen LogP contribution in [-0.2, 0) is 12.8 Å². The Bertz CT molecular complexity index is 911. The molecule has 0 bridgehead atoms. The Morgan fingerprint density at radius 2 is 1.15 bits per heavy atom. The standard InChI is InChI=1S/C24H27NO2/c1-14-6-8-15(9-7-14)20-21-16(10-23(2,3)12-18(21)26)25-17-11-24(4,5)13-19(27)22(17)20/h6-9H,10-13H2,1-5H3. The Labute approximate surface area is 161 Å². The number of benzene rings is 1. The molecule has 3 heteroatoms. The molecule has 140 valence electrons. The third-order valence-corrected chi connectivity index (χ3v) is 5.82. The highest BCUT2D eigenvalue weighted by Crippen LogP contribution is 2.44. The summed E-state index contributed by atoms with van der Waals surface area (Å²) < 4.78 is 0. The highest BCUT2D eigenvalue weighted by Gasteiger charge is 2.40. The molecule has 2 aromatic rings. The molecule has 3 nitrogen and oxygen atoms in total. The first-order valence-corrected chi connectivity index (χ1v) is 9.76. The van der Waals surface area contributed by atoms with Crippen LogP contribution in [0.1, 0.15) is 78.2 Å². The molecular formula is C24H27NO2. The summed E-state index contributed by atoms with van der Waals surface area (Å²) in [5.74, 6) is 0.231. The van der Waals surface area contributed by atoms with Crippen molar-refractivity contribution in [2.75, 3.05) is 0 Å². The fourth-order valence-electron chi connectivity index (χ4n) is 4.63. The summed E-state index contributed by atoms with van der Waals surface area (Å²) in [5.41, 5.74) is 5.87. The highest BCUT2D eigenvalue weighted by molar-refractivity contribution is 6.12. The fraction of sp³-hybridized carbons (Fsp3) is 0.458. The quantitative estimate of drug-likeness (QED) is 0.686. The van der Waals surface area contributed by atoms with Crippen molar-refractivity contribution in [3.05, 3.63) is 52.3 Å². The molecule has 0 saturated heterocycles. The van der Waals surface area contributed by atoms with Crippen LogP contribution in [0.4, 0.5) is 0 Å². The second-order valence-corrected chi connectivity index (χ2v) is 9.88. The van der Waals surface area contributed by atoms with Crippen LogP contribution >= 0.6 is 0 Å². The van der Waals surface area contributed by atoms with Gasteiger partial charge in [0.25, 0.3) is 0 Å². The van der Waals surface area contributed by atoms with E-state index in [1.807, 2.05) is 31.2 Å². The lowest BCUT2D eigenvalue weighted by molar-refractivity contribution is 0.0907. The predicted molar refractivity (Wildman–Crippen MR) is 107 cm³/mol. The van der Waals surface area contributed by atoms with E-state index in [1.54, 1.807) is 0 Å². The molecule has 0 spiro atoms. The number of hydrogen-bond acceptors (Lipinski definition) is 3. The predicted octanol–water partition coefficient (Wildman–Crippen LogP) is 5.37. The molecule has 2 aliphatic rings. The lowest BCUT2D eigenvalue weighted by Crippen LogP contribution is -2.33. The zero-order valence-corrected chi connectivity index (χ0v) is 16.9. The molecule has 0 saturated carbocycles. The number of aryl methyl sites for hydroxylation is 1. The average molecular weight is 361 g/mol. The maximum atomic E-state index is 13.1. The lowest BCUT2D eigenvalue weighted by atomic mass is 9.69. The fourth-order valence-corrected chi connectivity index (χ4v) is 4.63. The normalized spacial score (nSPS) is 20.2. The van der Waals surface area contributed by atoms with Crippen LogP contribution in [0.2, 0.25) is 0 Å². The summed E-state index contributed by atoms with van der Waals surface area (Å²) in [5, 5.41) is 0. The maximum absolute atomic E-state index is 13.1. The van der Waals surface area contributed by atoms with E-state index in [9.17, 15) is 9.59 Å². The number of fused-ring (bicyclic) bond motifs is 2. The number of carbonyl (C=O) groups is 2. The molecule has 1 heterocycles. The topological polar surface area (TPSA) is 47.0 Å². The molecule has 0 unspecified atom stereocenters. The van der Waals surface area contributed by atoms with E-state index in [-0.39, 0.29) is 22.4 Å². The molecule has 0 radical (unpaired) electrons. The van der Waals surface area contributed by atoms with Crippen LogP contribution in [0.15, 0.2) is 24.3 Å². The second-order valence-electron chi connectivity index (χ2n) is 9.88. The summed E-state index contributed by atoms with van der Waals surface area (Å²) in [6.07, 6.45) is 2.54. The van der Waals surface area contributed by atoms with Gasteiger partial charge in [0.05, 0.1) is 11.4 Å². The summed E-state index contributed by atoms with van der Waals surface area (Å²) in [7, 11) is 0. The smallest absolute Gasteiger partial charge is 0.165 e. The van der Waals surface area contributed by atoms with Crippen molar-refractivity contribution in [1.29, 1.82) is 0 Å². The number of hydrogen-bond donors (Lipinski definition) is 0. The van der Waals surface area contributed by atoms with Crippen LogP contribution in [0, 0.1) is 17.8 Å². The van der Waals surface area contributed by atoms with E-state index in [1.165, 1.54) is 0 Å². The SMILES string of the molecule is Cc1ccc(-c2c3c(nc4c2C(=O)CC(C)(C)C4)CC(C)(C)CC3=O)cc1. The van der Waals surface area contributed by atoms with E-state index < -0.39 is 0 Å². The van der Waals surface area contributed by atoms with Crippen LogP contribution in [-0.4, -0.2) is 16.6 Å². The molecule has 4 rings (SSSR count). The summed E-state index contributed by atoms with van der Waals surface area (Å²) in [4.78, 5) is 31.2. The Morgan fingerprint density at radius 1 is 0.704 bits per heavy atom. The lowest BCUT2D eigenvalue weighted by Gasteiger charge is -2.35. The zero-order valence-electron chi connectivity index (χ0n) is 16.9. The first kappa shape index (κ1) is 18.1. The number of nitrogens with zero attached hydrogens (tertiary/aromatic N) is 1. The van der Waals surface area contributed by atoms with Gasteiger partial charge >= 0.3 is 0 Å². The summed E-state index contributed by atoms with van der Waals surface area (Å²) in [6, 6.07) is 8.16. The van der Waals surface area contributed by atoms with Crippen molar-refractivity contribution >= 4 is 11.6 Å². The Morgan fingerprint density at radius 3 is 1.59 bits per heavy atom.